The Labute approximate surface area is 124 Å². The zero-order valence-electron chi connectivity index (χ0n) is 11.0. The summed E-state index contributed by atoms with van der Waals surface area (Å²) in [5, 5.41) is 9.87. The average Bonchev–Trinajstić information content (AvgIpc) is 3.14. The van der Waals surface area contributed by atoms with Gasteiger partial charge in [0.15, 0.2) is 10.3 Å². The molecule has 0 radical (unpaired) electrons. The number of aryl methyl sites for hydroxylation is 1. The van der Waals surface area contributed by atoms with Gasteiger partial charge in [0.05, 0.1) is 11.6 Å². The van der Waals surface area contributed by atoms with E-state index >= 15 is 0 Å². The van der Waals surface area contributed by atoms with E-state index < -0.39 is 0 Å². The largest absolute Gasteiger partial charge is 0.295 e. The summed E-state index contributed by atoms with van der Waals surface area (Å²) in [6.45, 7) is 0.721. The number of nitriles is 1. The van der Waals surface area contributed by atoms with Crippen molar-refractivity contribution >= 4 is 21.7 Å². The summed E-state index contributed by atoms with van der Waals surface area (Å²) in [5.41, 5.74) is 1.66. The van der Waals surface area contributed by atoms with Crippen LogP contribution in [0.5, 0.6) is 0 Å². The maximum Gasteiger partial charge on any atom is 0.280 e. The van der Waals surface area contributed by atoms with Crippen LogP contribution in [0.3, 0.4) is 0 Å². The molecule has 0 saturated carbocycles. The lowest BCUT2D eigenvalue weighted by molar-refractivity contribution is 0.718. The Balaban J connectivity index is 1.99. The number of fused-ring (bicyclic) bond motifs is 2. The number of rotatable bonds is 1. The van der Waals surface area contributed by atoms with Gasteiger partial charge in [0.2, 0.25) is 0 Å². The van der Waals surface area contributed by atoms with Crippen molar-refractivity contribution in [1.29, 1.82) is 5.26 Å². The standard InChI is InChI=1S/C15H10N4OS/c16-8-9-4-1-2-5-10(9)13-18-12-14(21-13)17-11-6-3-7-19(11)15(12)20/h1-2,4-5H,3,6-7H2. The van der Waals surface area contributed by atoms with E-state index in [0.717, 1.165) is 30.8 Å². The SMILES string of the molecule is N#Cc1ccccc1-c1nc2c(=O)n3c(nc2s1)CCC3. The van der Waals surface area contributed by atoms with Gasteiger partial charge in [0.1, 0.15) is 10.8 Å². The van der Waals surface area contributed by atoms with Crippen molar-refractivity contribution < 1.29 is 0 Å². The van der Waals surface area contributed by atoms with Gasteiger partial charge in [-0.3, -0.25) is 9.36 Å². The zero-order valence-corrected chi connectivity index (χ0v) is 11.9. The van der Waals surface area contributed by atoms with Gasteiger partial charge in [-0.05, 0) is 12.5 Å². The molecule has 2 aromatic heterocycles. The Kier molecular flexibility index (Phi) is 2.62. The summed E-state index contributed by atoms with van der Waals surface area (Å²) in [5.74, 6) is 0.844. The van der Waals surface area contributed by atoms with Gasteiger partial charge in [-0.1, -0.05) is 29.5 Å². The molecule has 0 N–H and O–H groups in total. The molecule has 4 rings (SSSR count). The van der Waals surface area contributed by atoms with E-state index in [4.69, 9.17) is 0 Å². The highest BCUT2D eigenvalue weighted by Crippen LogP contribution is 2.30. The second-order valence-electron chi connectivity index (χ2n) is 4.92. The fourth-order valence-electron chi connectivity index (χ4n) is 2.65. The minimum Gasteiger partial charge on any atom is -0.295 e. The van der Waals surface area contributed by atoms with Crippen molar-refractivity contribution in [3.8, 4) is 16.6 Å². The normalized spacial score (nSPS) is 13.3. The van der Waals surface area contributed by atoms with Crippen LogP contribution in [0.1, 0.15) is 17.8 Å². The quantitative estimate of drug-likeness (QED) is 0.690. The van der Waals surface area contributed by atoms with Gasteiger partial charge in [0.25, 0.3) is 5.56 Å². The molecule has 1 aromatic carbocycles. The van der Waals surface area contributed by atoms with E-state index in [2.05, 4.69) is 16.0 Å². The van der Waals surface area contributed by atoms with E-state index in [1.807, 2.05) is 18.2 Å². The van der Waals surface area contributed by atoms with Gasteiger partial charge < -0.3 is 0 Å². The van der Waals surface area contributed by atoms with Crippen LogP contribution in [-0.2, 0) is 13.0 Å². The molecule has 0 atom stereocenters. The molecule has 3 heterocycles. The fourth-order valence-corrected chi connectivity index (χ4v) is 3.64. The number of benzene rings is 1. The van der Waals surface area contributed by atoms with Crippen LogP contribution in [0, 0.1) is 11.3 Å². The summed E-state index contributed by atoms with van der Waals surface area (Å²) in [4.78, 5) is 22.1. The molecule has 0 bridgehead atoms. The second-order valence-corrected chi connectivity index (χ2v) is 5.90. The topological polar surface area (TPSA) is 71.6 Å². The molecule has 0 unspecified atom stereocenters. The summed E-state index contributed by atoms with van der Waals surface area (Å²) in [7, 11) is 0. The van der Waals surface area contributed by atoms with Crippen molar-refractivity contribution in [1.82, 2.24) is 14.5 Å². The Morgan fingerprint density at radius 3 is 3.00 bits per heavy atom. The Morgan fingerprint density at radius 1 is 1.29 bits per heavy atom. The monoisotopic (exact) mass is 294 g/mol. The molecule has 0 saturated heterocycles. The summed E-state index contributed by atoms with van der Waals surface area (Å²) >= 11 is 1.37. The minimum absolute atomic E-state index is 0.0653. The van der Waals surface area contributed by atoms with Crippen LogP contribution < -0.4 is 5.56 Å². The average molecular weight is 294 g/mol. The Bertz CT molecular complexity index is 964. The highest BCUT2D eigenvalue weighted by molar-refractivity contribution is 7.21. The van der Waals surface area contributed by atoms with Crippen LogP contribution in [0.4, 0.5) is 0 Å². The summed E-state index contributed by atoms with van der Waals surface area (Å²) in [6.07, 6.45) is 1.80. The molecule has 102 valence electrons. The molecular formula is C15H10N4OS. The first-order valence-electron chi connectivity index (χ1n) is 6.67. The van der Waals surface area contributed by atoms with E-state index in [1.165, 1.54) is 11.3 Å². The number of nitrogens with zero attached hydrogens (tertiary/aromatic N) is 4. The Morgan fingerprint density at radius 2 is 2.14 bits per heavy atom. The molecule has 6 heteroatoms. The maximum absolute atomic E-state index is 12.4. The van der Waals surface area contributed by atoms with Crippen LogP contribution in [-0.4, -0.2) is 14.5 Å². The number of hydrogen-bond donors (Lipinski definition) is 0. The molecule has 0 fully saturated rings. The van der Waals surface area contributed by atoms with Crippen molar-refractivity contribution in [2.45, 2.75) is 19.4 Å². The first-order chi connectivity index (χ1) is 10.3. The third kappa shape index (κ3) is 1.78. The van der Waals surface area contributed by atoms with Crippen LogP contribution in [0.2, 0.25) is 0 Å². The summed E-state index contributed by atoms with van der Waals surface area (Å²) in [6, 6.07) is 9.44. The summed E-state index contributed by atoms with van der Waals surface area (Å²) < 4.78 is 1.71. The predicted octanol–water partition coefficient (Wildman–Crippen LogP) is 2.34. The molecule has 5 nitrogen and oxygen atoms in total. The van der Waals surface area contributed by atoms with Crippen molar-refractivity contribution in [3.05, 3.63) is 46.0 Å². The van der Waals surface area contributed by atoms with Crippen LogP contribution in [0.25, 0.3) is 20.9 Å². The highest BCUT2D eigenvalue weighted by Gasteiger charge is 2.20. The van der Waals surface area contributed by atoms with Gasteiger partial charge in [-0.25, -0.2) is 9.97 Å². The van der Waals surface area contributed by atoms with Crippen molar-refractivity contribution in [2.75, 3.05) is 0 Å². The second kappa shape index (κ2) is 4.50. The molecule has 0 amide bonds. The van der Waals surface area contributed by atoms with Gasteiger partial charge >= 0.3 is 0 Å². The molecule has 0 aliphatic carbocycles. The first kappa shape index (κ1) is 12.2. The van der Waals surface area contributed by atoms with Crippen molar-refractivity contribution in [2.24, 2.45) is 0 Å². The number of thiazole rings is 1. The van der Waals surface area contributed by atoms with Crippen LogP contribution >= 0.6 is 11.3 Å². The van der Waals surface area contributed by atoms with E-state index in [0.29, 0.717) is 20.9 Å². The third-order valence-corrected chi connectivity index (χ3v) is 4.64. The predicted molar refractivity (Wildman–Crippen MR) is 80.1 cm³/mol. The van der Waals surface area contributed by atoms with E-state index in [1.54, 1.807) is 10.6 Å². The lowest BCUT2D eigenvalue weighted by Crippen LogP contribution is -2.20. The van der Waals surface area contributed by atoms with Crippen molar-refractivity contribution in [3.63, 3.8) is 0 Å². The zero-order chi connectivity index (χ0) is 14.4. The lowest BCUT2D eigenvalue weighted by atomic mass is 10.1. The molecule has 3 aromatic rings. The lowest BCUT2D eigenvalue weighted by Gasteiger charge is -1.99. The van der Waals surface area contributed by atoms with Gasteiger partial charge in [-0.2, -0.15) is 5.26 Å². The maximum atomic E-state index is 12.4. The fraction of sp³-hybridized carbons (Fsp3) is 0.200. The third-order valence-electron chi connectivity index (χ3n) is 3.66. The Hall–Kier alpha value is -2.52. The molecular weight excluding hydrogens is 284 g/mol. The van der Waals surface area contributed by atoms with Gasteiger partial charge in [-0.15, -0.1) is 0 Å². The van der Waals surface area contributed by atoms with Gasteiger partial charge in [0, 0.05) is 18.5 Å². The molecule has 0 spiro atoms. The van der Waals surface area contributed by atoms with E-state index in [9.17, 15) is 10.1 Å². The minimum atomic E-state index is -0.0653. The van der Waals surface area contributed by atoms with E-state index in [-0.39, 0.29) is 5.56 Å². The highest BCUT2D eigenvalue weighted by atomic mass is 32.1. The smallest absolute Gasteiger partial charge is 0.280 e. The number of hydrogen-bond acceptors (Lipinski definition) is 5. The molecule has 1 aliphatic rings. The molecule has 21 heavy (non-hydrogen) atoms. The van der Waals surface area contributed by atoms with Crippen LogP contribution in [0.15, 0.2) is 29.1 Å². The first-order valence-corrected chi connectivity index (χ1v) is 7.49. The molecule has 1 aliphatic heterocycles. The number of aromatic nitrogens is 3.